The van der Waals surface area contributed by atoms with Crippen LogP contribution in [0.5, 0.6) is 0 Å². The van der Waals surface area contributed by atoms with E-state index in [0.29, 0.717) is 6.42 Å². The maximum absolute atomic E-state index is 12.3. The molecule has 0 N–H and O–H groups in total. The molecular weight excluding hydrogens is 308 g/mol. The minimum Gasteiger partial charge on any atom is -0.306 e. The Hall–Kier alpha value is -1.87. The van der Waals surface area contributed by atoms with E-state index in [-0.39, 0.29) is 11.9 Å². The SMILES string of the molecule is CC1CC(C#N)C(=O)N1c1ccnn2cc(Br)cc12. The van der Waals surface area contributed by atoms with Crippen LogP contribution in [0, 0.1) is 17.2 Å². The predicted octanol–water partition coefficient (Wildman–Crippen LogP) is 2.36. The van der Waals surface area contributed by atoms with Crippen LogP contribution in [0.1, 0.15) is 13.3 Å². The van der Waals surface area contributed by atoms with Gasteiger partial charge in [0, 0.05) is 22.9 Å². The Morgan fingerprint density at radius 1 is 1.58 bits per heavy atom. The van der Waals surface area contributed by atoms with Crippen molar-refractivity contribution in [3.8, 4) is 6.07 Å². The fourth-order valence-electron chi connectivity index (χ4n) is 2.57. The molecule has 3 rings (SSSR count). The molecular formula is C13H11BrN4O. The first kappa shape index (κ1) is 12.2. The minimum absolute atomic E-state index is 0.0250. The molecule has 6 heteroatoms. The number of carbonyl (C=O) groups excluding carboxylic acids is 1. The highest BCUT2D eigenvalue weighted by atomic mass is 79.9. The Morgan fingerprint density at radius 2 is 2.37 bits per heavy atom. The van der Waals surface area contributed by atoms with Gasteiger partial charge in [-0.3, -0.25) is 4.79 Å². The van der Waals surface area contributed by atoms with Gasteiger partial charge in [0.25, 0.3) is 0 Å². The average molecular weight is 319 g/mol. The molecule has 0 radical (unpaired) electrons. The fraction of sp³-hybridized carbons (Fsp3) is 0.308. The van der Waals surface area contributed by atoms with Crippen molar-refractivity contribution < 1.29 is 4.79 Å². The molecule has 0 aliphatic carbocycles. The van der Waals surface area contributed by atoms with E-state index in [0.717, 1.165) is 15.7 Å². The third kappa shape index (κ3) is 1.81. The van der Waals surface area contributed by atoms with Crippen molar-refractivity contribution in [1.82, 2.24) is 9.61 Å². The van der Waals surface area contributed by atoms with Gasteiger partial charge in [-0.1, -0.05) is 0 Å². The number of hydrogen-bond donors (Lipinski definition) is 0. The normalized spacial score (nSPS) is 23.0. The number of halogens is 1. The van der Waals surface area contributed by atoms with E-state index in [1.165, 1.54) is 0 Å². The number of carbonyl (C=O) groups is 1. The van der Waals surface area contributed by atoms with Gasteiger partial charge in [0.15, 0.2) is 0 Å². The summed E-state index contributed by atoms with van der Waals surface area (Å²) in [7, 11) is 0. The van der Waals surface area contributed by atoms with Crippen LogP contribution >= 0.6 is 15.9 Å². The van der Waals surface area contributed by atoms with Gasteiger partial charge < -0.3 is 4.90 Å². The summed E-state index contributed by atoms with van der Waals surface area (Å²) in [4.78, 5) is 14.0. The molecule has 1 saturated heterocycles. The van der Waals surface area contributed by atoms with E-state index in [9.17, 15) is 4.79 Å². The van der Waals surface area contributed by atoms with Gasteiger partial charge in [-0.15, -0.1) is 0 Å². The van der Waals surface area contributed by atoms with Gasteiger partial charge in [-0.2, -0.15) is 10.4 Å². The van der Waals surface area contributed by atoms with Crippen molar-refractivity contribution >= 4 is 33.0 Å². The summed E-state index contributed by atoms with van der Waals surface area (Å²) in [6.07, 6.45) is 4.08. The van der Waals surface area contributed by atoms with Crippen LogP contribution in [0.3, 0.4) is 0 Å². The van der Waals surface area contributed by atoms with E-state index >= 15 is 0 Å². The Bertz CT molecular complexity index is 702. The molecule has 1 aliphatic heterocycles. The van der Waals surface area contributed by atoms with Gasteiger partial charge in [-0.25, -0.2) is 4.52 Å². The highest BCUT2D eigenvalue weighted by Crippen LogP contribution is 2.33. The first-order valence-corrected chi connectivity index (χ1v) is 6.76. The fourth-order valence-corrected chi connectivity index (χ4v) is 2.98. The smallest absolute Gasteiger partial charge is 0.244 e. The predicted molar refractivity (Wildman–Crippen MR) is 73.6 cm³/mol. The third-order valence-electron chi connectivity index (χ3n) is 3.42. The molecule has 0 saturated carbocycles. The lowest BCUT2D eigenvalue weighted by atomic mass is 10.1. The van der Waals surface area contributed by atoms with Crippen molar-refractivity contribution in [3.05, 3.63) is 29.0 Å². The third-order valence-corrected chi connectivity index (χ3v) is 3.86. The van der Waals surface area contributed by atoms with Crippen LogP contribution in [0.2, 0.25) is 0 Å². The molecule has 96 valence electrons. The summed E-state index contributed by atoms with van der Waals surface area (Å²) < 4.78 is 2.63. The number of anilines is 1. The van der Waals surface area contributed by atoms with Crippen LogP contribution in [0.4, 0.5) is 5.69 Å². The average Bonchev–Trinajstić information content (AvgIpc) is 2.88. The topological polar surface area (TPSA) is 61.4 Å². The molecule has 1 fully saturated rings. The highest BCUT2D eigenvalue weighted by Gasteiger charge is 2.38. The summed E-state index contributed by atoms with van der Waals surface area (Å²) in [5.74, 6) is -0.665. The van der Waals surface area contributed by atoms with E-state index in [4.69, 9.17) is 5.26 Å². The summed E-state index contributed by atoms with van der Waals surface area (Å²) in [6.45, 7) is 1.96. The van der Waals surface area contributed by atoms with Crippen molar-refractivity contribution in [2.45, 2.75) is 19.4 Å². The van der Waals surface area contributed by atoms with Crippen LogP contribution < -0.4 is 4.90 Å². The van der Waals surface area contributed by atoms with E-state index in [1.54, 1.807) is 15.6 Å². The molecule has 2 atom stereocenters. The monoisotopic (exact) mass is 318 g/mol. The number of fused-ring (bicyclic) bond motifs is 1. The Kier molecular flexibility index (Phi) is 2.79. The molecule has 1 amide bonds. The first-order valence-electron chi connectivity index (χ1n) is 5.97. The number of hydrogen-bond acceptors (Lipinski definition) is 3. The number of aromatic nitrogens is 2. The Balaban J connectivity index is 2.15. The maximum atomic E-state index is 12.3. The number of nitriles is 1. The number of rotatable bonds is 1. The highest BCUT2D eigenvalue weighted by molar-refractivity contribution is 9.10. The molecule has 2 aromatic heterocycles. The quantitative estimate of drug-likeness (QED) is 0.811. The van der Waals surface area contributed by atoms with Gasteiger partial charge in [0.1, 0.15) is 5.92 Å². The second-order valence-electron chi connectivity index (χ2n) is 4.68. The molecule has 2 aromatic rings. The van der Waals surface area contributed by atoms with Gasteiger partial charge in [0.2, 0.25) is 5.91 Å². The number of amides is 1. The zero-order chi connectivity index (χ0) is 13.6. The maximum Gasteiger partial charge on any atom is 0.244 e. The van der Waals surface area contributed by atoms with Crippen LogP contribution in [-0.2, 0) is 4.79 Å². The van der Waals surface area contributed by atoms with Gasteiger partial charge in [0.05, 0.1) is 17.3 Å². The summed E-state index contributed by atoms with van der Waals surface area (Å²) in [6, 6.07) is 5.83. The minimum atomic E-state index is -0.540. The molecule has 5 nitrogen and oxygen atoms in total. The Labute approximate surface area is 118 Å². The first-order chi connectivity index (χ1) is 9.11. The molecule has 2 unspecified atom stereocenters. The zero-order valence-electron chi connectivity index (χ0n) is 10.2. The van der Waals surface area contributed by atoms with Crippen molar-refractivity contribution in [3.63, 3.8) is 0 Å². The van der Waals surface area contributed by atoms with Crippen LogP contribution in [-0.4, -0.2) is 21.6 Å². The molecule has 1 aliphatic rings. The molecule has 3 heterocycles. The van der Waals surface area contributed by atoms with E-state index in [2.05, 4.69) is 27.1 Å². The van der Waals surface area contributed by atoms with Crippen LogP contribution in [0.25, 0.3) is 5.52 Å². The number of nitrogens with zero attached hydrogens (tertiary/aromatic N) is 4. The summed E-state index contributed by atoms with van der Waals surface area (Å²) in [5.41, 5.74) is 1.66. The lowest BCUT2D eigenvalue weighted by molar-refractivity contribution is -0.119. The Morgan fingerprint density at radius 3 is 3.05 bits per heavy atom. The lowest BCUT2D eigenvalue weighted by Gasteiger charge is -2.22. The largest absolute Gasteiger partial charge is 0.306 e. The molecule has 19 heavy (non-hydrogen) atoms. The van der Waals surface area contributed by atoms with Gasteiger partial charge >= 0.3 is 0 Å². The van der Waals surface area contributed by atoms with Crippen molar-refractivity contribution in [2.75, 3.05) is 4.90 Å². The lowest BCUT2D eigenvalue weighted by Crippen LogP contribution is -2.32. The summed E-state index contributed by atoms with van der Waals surface area (Å²) in [5, 5.41) is 13.2. The molecule has 0 bridgehead atoms. The van der Waals surface area contributed by atoms with E-state index < -0.39 is 5.92 Å². The molecule has 0 spiro atoms. The van der Waals surface area contributed by atoms with E-state index in [1.807, 2.05) is 25.3 Å². The zero-order valence-corrected chi connectivity index (χ0v) is 11.8. The second kappa shape index (κ2) is 4.35. The second-order valence-corrected chi connectivity index (χ2v) is 5.59. The standard InChI is InChI=1S/C13H11BrN4O/c1-8-4-9(6-15)13(19)18(8)11-2-3-16-17-7-10(14)5-12(11)17/h2-3,5,7-9H,4H2,1H3. The van der Waals surface area contributed by atoms with Crippen molar-refractivity contribution in [2.24, 2.45) is 5.92 Å². The van der Waals surface area contributed by atoms with Crippen molar-refractivity contribution in [1.29, 1.82) is 5.26 Å². The van der Waals surface area contributed by atoms with Gasteiger partial charge in [-0.05, 0) is 41.4 Å². The van der Waals surface area contributed by atoms with Crippen LogP contribution in [0.15, 0.2) is 29.0 Å². The molecule has 0 aromatic carbocycles. The summed E-state index contributed by atoms with van der Waals surface area (Å²) >= 11 is 3.41.